The van der Waals surface area contributed by atoms with E-state index in [2.05, 4.69) is 19.1 Å². The van der Waals surface area contributed by atoms with Gasteiger partial charge >= 0.3 is 0 Å². The van der Waals surface area contributed by atoms with Crippen molar-refractivity contribution in [2.45, 2.75) is 45.4 Å². The largest absolute Gasteiger partial charge is 0.0885 e. The predicted octanol–water partition coefficient (Wildman–Crippen LogP) is 3.53. The van der Waals surface area contributed by atoms with Crippen molar-refractivity contribution in [3.63, 3.8) is 0 Å². The Kier molecular flexibility index (Phi) is 3.56. The summed E-state index contributed by atoms with van der Waals surface area (Å²) in [5.74, 6) is 0.961. The van der Waals surface area contributed by atoms with Crippen molar-refractivity contribution in [3.8, 4) is 0 Å². The Balaban J connectivity index is 2.25. The minimum absolute atomic E-state index is 0.961. The fourth-order valence-corrected chi connectivity index (χ4v) is 1.52. The van der Waals surface area contributed by atoms with Crippen molar-refractivity contribution in [1.82, 2.24) is 0 Å². The van der Waals surface area contributed by atoms with Gasteiger partial charge < -0.3 is 0 Å². The van der Waals surface area contributed by atoms with Gasteiger partial charge in [-0.1, -0.05) is 31.9 Å². The highest BCUT2D eigenvalue weighted by molar-refractivity contribution is 4.83. The van der Waals surface area contributed by atoms with Crippen molar-refractivity contribution >= 4 is 0 Å². The summed E-state index contributed by atoms with van der Waals surface area (Å²) < 4.78 is 0. The average Bonchev–Trinajstić information content (AvgIpc) is 2.02. The van der Waals surface area contributed by atoms with Crippen LogP contribution in [-0.4, -0.2) is 0 Å². The number of allylic oxidation sites excluding steroid dienone is 2. The van der Waals surface area contributed by atoms with E-state index in [9.17, 15) is 0 Å². The Hall–Kier alpha value is -0.260. The fourth-order valence-electron chi connectivity index (χ4n) is 1.52. The molecule has 0 spiro atoms. The first-order chi connectivity index (χ1) is 4.89. The number of hydrogen-bond donors (Lipinski definition) is 0. The van der Waals surface area contributed by atoms with Crippen LogP contribution in [0.2, 0.25) is 0 Å². The average molecular weight is 138 g/mol. The Morgan fingerprint density at radius 2 is 1.80 bits per heavy atom. The van der Waals surface area contributed by atoms with Gasteiger partial charge in [0.2, 0.25) is 0 Å². The summed E-state index contributed by atoms with van der Waals surface area (Å²) >= 11 is 0. The maximum atomic E-state index is 2.37. The lowest BCUT2D eigenvalue weighted by Gasteiger charge is -2.06. The molecule has 0 fully saturated rings. The minimum Gasteiger partial charge on any atom is -0.0885 e. The van der Waals surface area contributed by atoms with Crippen LogP contribution < -0.4 is 0 Å². The molecule has 0 heteroatoms. The monoisotopic (exact) mass is 138 g/mol. The van der Waals surface area contributed by atoms with Gasteiger partial charge in [-0.2, -0.15) is 0 Å². The van der Waals surface area contributed by atoms with Crippen molar-refractivity contribution in [2.75, 3.05) is 0 Å². The van der Waals surface area contributed by atoms with Crippen molar-refractivity contribution < 1.29 is 0 Å². The van der Waals surface area contributed by atoms with E-state index in [-0.39, 0.29) is 0 Å². The van der Waals surface area contributed by atoms with E-state index in [0.29, 0.717) is 0 Å². The summed E-state index contributed by atoms with van der Waals surface area (Å²) in [6.07, 6.45) is 13.0. The maximum Gasteiger partial charge on any atom is -0.0348 e. The smallest absolute Gasteiger partial charge is 0.0348 e. The van der Waals surface area contributed by atoms with E-state index in [1.165, 1.54) is 38.5 Å². The van der Waals surface area contributed by atoms with Crippen molar-refractivity contribution in [3.05, 3.63) is 12.2 Å². The zero-order chi connectivity index (χ0) is 7.23. The molecule has 0 aromatic carbocycles. The van der Waals surface area contributed by atoms with Crippen LogP contribution in [0.3, 0.4) is 0 Å². The first-order valence-electron chi connectivity index (χ1n) is 4.54. The van der Waals surface area contributed by atoms with Gasteiger partial charge in [0.25, 0.3) is 0 Å². The molecule has 0 saturated heterocycles. The first-order valence-corrected chi connectivity index (χ1v) is 4.54. The summed E-state index contributed by atoms with van der Waals surface area (Å²) in [6.45, 7) is 2.37. The van der Waals surface area contributed by atoms with E-state index in [4.69, 9.17) is 0 Å². The SMILES string of the molecule is CC1CC/C=C\CCCC1. The zero-order valence-corrected chi connectivity index (χ0v) is 6.97. The lowest BCUT2D eigenvalue weighted by Crippen LogP contribution is -1.92. The first kappa shape index (κ1) is 7.84. The quantitative estimate of drug-likeness (QED) is 0.449. The second-order valence-electron chi connectivity index (χ2n) is 3.44. The molecule has 10 heavy (non-hydrogen) atoms. The van der Waals surface area contributed by atoms with E-state index >= 15 is 0 Å². The highest BCUT2D eigenvalue weighted by atomic mass is 14.1. The molecule has 0 aromatic heterocycles. The molecular formula is C10H18. The molecule has 0 amide bonds. The molecule has 1 unspecified atom stereocenters. The number of hydrogen-bond acceptors (Lipinski definition) is 0. The van der Waals surface area contributed by atoms with Gasteiger partial charge in [-0.05, 0) is 31.6 Å². The van der Waals surface area contributed by atoms with Crippen LogP contribution >= 0.6 is 0 Å². The van der Waals surface area contributed by atoms with Gasteiger partial charge in [0.15, 0.2) is 0 Å². The standard InChI is InChI=1S/C10H18/c1-10-8-6-4-2-3-5-7-9-10/h2,4,10H,3,5-9H2,1H3/b4-2-. The van der Waals surface area contributed by atoms with Crippen LogP contribution in [0.15, 0.2) is 12.2 Å². The third kappa shape index (κ3) is 3.05. The molecule has 0 heterocycles. The van der Waals surface area contributed by atoms with Crippen LogP contribution in [0.5, 0.6) is 0 Å². The van der Waals surface area contributed by atoms with E-state index in [0.717, 1.165) is 5.92 Å². The molecule has 0 bridgehead atoms. The molecule has 0 aliphatic heterocycles. The van der Waals surface area contributed by atoms with Crippen molar-refractivity contribution in [2.24, 2.45) is 5.92 Å². The molecule has 0 saturated carbocycles. The fraction of sp³-hybridized carbons (Fsp3) is 0.800. The summed E-state index contributed by atoms with van der Waals surface area (Å²) in [7, 11) is 0. The van der Waals surface area contributed by atoms with E-state index < -0.39 is 0 Å². The van der Waals surface area contributed by atoms with E-state index in [1.54, 1.807) is 0 Å². The summed E-state index contributed by atoms with van der Waals surface area (Å²) in [6, 6.07) is 0. The summed E-state index contributed by atoms with van der Waals surface area (Å²) in [4.78, 5) is 0. The third-order valence-electron chi connectivity index (χ3n) is 2.31. The second kappa shape index (κ2) is 4.54. The topological polar surface area (TPSA) is 0 Å². The highest BCUT2D eigenvalue weighted by Crippen LogP contribution is 2.17. The van der Waals surface area contributed by atoms with Crippen LogP contribution in [0, 0.1) is 5.92 Å². The highest BCUT2D eigenvalue weighted by Gasteiger charge is 2.01. The molecule has 0 radical (unpaired) electrons. The van der Waals surface area contributed by atoms with Gasteiger partial charge in [0.05, 0.1) is 0 Å². The molecule has 1 atom stereocenters. The van der Waals surface area contributed by atoms with Crippen LogP contribution in [0.4, 0.5) is 0 Å². The van der Waals surface area contributed by atoms with Gasteiger partial charge in [-0.25, -0.2) is 0 Å². The normalized spacial score (nSPS) is 31.9. The predicted molar refractivity (Wildman–Crippen MR) is 46.0 cm³/mol. The molecule has 0 aromatic rings. The van der Waals surface area contributed by atoms with Crippen LogP contribution in [0.25, 0.3) is 0 Å². The molecular weight excluding hydrogens is 120 g/mol. The molecule has 58 valence electrons. The Labute approximate surface area is 64.3 Å². The van der Waals surface area contributed by atoms with Crippen LogP contribution in [-0.2, 0) is 0 Å². The van der Waals surface area contributed by atoms with Gasteiger partial charge in [-0.3, -0.25) is 0 Å². The lowest BCUT2D eigenvalue weighted by molar-refractivity contribution is 0.476. The Morgan fingerprint density at radius 1 is 1.00 bits per heavy atom. The maximum absolute atomic E-state index is 2.37. The van der Waals surface area contributed by atoms with Crippen molar-refractivity contribution in [1.29, 1.82) is 0 Å². The van der Waals surface area contributed by atoms with Gasteiger partial charge in [-0.15, -0.1) is 0 Å². The minimum atomic E-state index is 0.961. The summed E-state index contributed by atoms with van der Waals surface area (Å²) in [5.41, 5.74) is 0. The molecule has 0 nitrogen and oxygen atoms in total. The van der Waals surface area contributed by atoms with Gasteiger partial charge in [0, 0.05) is 0 Å². The molecule has 1 rings (SSSR count). The Morgan fingerprint density at radius 3 is 2.70 bits per heavy atom. The van der Waals surface area contributed by atoms with Crippen LogP contribution in [0.1, 0.15) is 45.4 Å². The van der Waals surface area contributed by atoms with Gasteiger partial charge in [0.1, 0.15) is 0 Å². The molecule has 1 aliphatic rings. The molecule has 0 N–H and O–H groups in total. The lowest BCUT2D eigenvalue weighted by atomic mass is 10.00. The zero-order valence-electron chi connectivity index (χ0n) is 6.97. The molecule has 1 aliphatic carbocycles. The second-order valence-corrected chi connectivity index (χ2v) is 3.44. The third-order valence-corrected chi connectivity index (χ3v) is 2.31. The van der Waals surface area contributed by atoms with E-state index in [1.807, 2.05) is 0 Å². The Bertz CT molecular complexity index is 103. The summed E-state index contributed by atoms with van der Waals surface area (Å²) in [5, 5.41) is 0. The number of rotatable bonds is 0.